The van der Waals surface area contributed by atoms with Crippen LogP contribution in [-0.4, -0.2) is 8.42 Å². The van der Waals surface area contributed by atoms with Crippen LogP contribution >= 0.6 is 23.2 Å². The van der Waals surface area contributed by atoms with Gasteiger partial charge in [-0.15, -0.1) is 0 Å². The van der Waals surface area contributed by atoms with Gasteiger partial charge < -0.3 is 5.32 Å². The second-order valence-electron chi connectivity index (χ2n) is 4.17. The van der Waals surface area contributed by atoms with Gasteiger partial charge in [-0.1, -0.05) is 35.3 Å². The summed E-state index contributed by atoms with van der Waals surface area (Å²) in [4.78, 5) is 0.00972. The Kier molecular flexibility index (Phi) is 4.55. The number of primary sulfonamides is 1. The number of rotatable bonds is 4. The molecule has 0 unspecified atom stereocenters. The minimum Gasteiger partial charge on any atom is -0.380 e. The van der Waals surface area contributed by atoms with E-state index in [-0.39, 0.29) is 4.90 Å². The molecule has 106 valence electrons. The first-order chi connectivity index (χ1) is 9.36. The number of benzene rings is 2. The molecule has 4 nitrogen and oxygen atoms in total. The third kappa shape index (κ3) is 3.86. The van der Waals surface area contributed by atoms with Gasteiger partial charge in [-0.25, -0.2) is 13.6 Å². The largest absolute Gasteiger partial charge is 0.380 e. The Morgan fingerprint density at radius 3 is 2.50 bits per heavy atom. The van der Waals surface area contributed by atoms with Gasteiger partial charge in [0.1, 0.15) is 0 Å². The van der Waals surface area contributed by atoms with Crippen molar-refractivity contribution in [1.29, 1.82) is 0 Å². The van der Waals surface area contributed by atoms with E-state index >= 15 is 0 Å². The maximum absolute atomic E-state index is 11.3. The SMILES string of the molecule is NS(=O)(=O)c1ccc(Cl)c(NCc2cccc(Cl)c2)c1. The first-order valence-electron chi connectivity index (χ1n) is 5.67. The number of nitrogens with one attached hydrogen (secondary N) is 1. The summed E-state index contributed by atoms with van der Waals surface area (Å²) < 4.78 is 22.6. The number of sulfonamides is 1. The van der Waals surface area contributed by atoms with Gasteiger partial charge in [0.05, 0.1) is 15.6 Å². The van der Waals surface area contributed by atoms with Crippen LogP contribution < -0.4 is 10.5 Å². The molecule has 0 fully saturated rings. The van der Waals surface area contributed by atoms with Gasteiger partial charge >= 0.3 is 0 Å². The third-order valence-electron chi connectivity index (χ3n) is 2.64. The van der Waals surface area contributed by atoms with Crippen molar-refractivity contribution in [1.82, 2.24) is 0 Å². The fourth-order valence-electron chi connectivity index (χ4n) is 1.66. The molecule has 20 heavy (non-hydrogen) atoms. The fraction of sp³-hybridized carbons (Fsp3) is 0.0769. The topological polar surface area (TPSA) is 72.2 Å². The minimum absolute atomic E-state index is 0.00972. The van der Waals surface area contributed by atoms with Crippen LogP contribution in [0.1, 0.15) is 5.56 Å². The molecule has 0 saturated heterocycles. The van der Waals surface area contributed by atoms with Crippen molar-refractivity contribution in [2.75, 3.05) is 5.32 Å². The molecular weight excluding hydrogens is 319 g/mol. The minimum atomic E-state index is -3.75. The lowest BCUT2D eigenvalue weighted by Crippen LogP contribution is -2.12. The number of hydrogen-bond acceptors (Lipinski definition) is 3. The average Bonchev–Trinajstić information content (AvgIpc) is 2.36. The first-order valence-corrected chi connectivity index (χ1v) is 7.97. The normalized spacial score (nSPS) is 11.3. The molecule has 0 amide bonds. The summed E-state index contributed by atoms with van der Waals surface area (Å²) in [7, 11) is -3.75. The Labute approximate surface area is 127 Å². The Hall–Kier alpha value is -1.27. The van der Waals surface area contributed by atoms with Crippen molar-refractivity contribution in [2.24, 2.45) is 5.14 Å². The summed E-state index contributed by atoms with van der Waals surface area (Å²) in [6, 6.07) is 11.6. The summed E-state index contributed by atoms with van der Waals surface area (Å²) in [6.45, 7) is 0.467. The second-order valence-corrected chi connectivity index (χ2v) is 6.58. The maximum Gasteiger partial charge on any atom is 0.238 e. The standard InChI is InChI=1S/C13H12Cl2N2O2S/c14-10-3-1-2-9(6-10)8-17-13-7-11(20(16,18)19)4-5-12(13)15/h1-7,17H,8H2,(H2,16,18,19). The van der Waals surface area contributed by atoms with Crippen molar-refractivity contribution < 1.29 is 8.42 Å². The predicted octanol–water partition coefficient (Wildman–Crippen LogP) is 3.25. The van der Waals surface area contributed by atoms with Crippen LogP contribution in [0, 0.1) is 0 Å². The van der Waals surface area contributed by atoms with Crippen molar-refractivity contribution in [3.05, 3.63) is 58.1 Å². The second kappa shape index (κ2) is 6.01. The van der Waals surface area contributed by atoms with E-state index in [1.807, 2.05) is 18.2 Å². The van der Waals surface area contributed by atoms with Crippen LogP contribution in [0.3, 0.4) is 0 Å². The summed E-state index contributed by atoms with van der Waals surface area (Å²) >= 11 is 11.9. The van der Waals surface area contributed by atoms with E-state index in [9.17, 15) is 8.42 Å². The van der Waals surface area contributed by atoms with Gasteiger partial charge in [-0.05, 0) is 35.9 Å². The quantitative estimate of drug-likeness (QED) is 0.903. The number of halogens is 2. The lowest BCUT2D eigenvalue weighted by Gasteiger charge is -2.10. The highest BCUT2D eigenvalue weighted by Crippen LogP contribution is 2.25. The molecule has 2 aromatic rings. The highest BCUT2D eigenvalue weighted by Gasteiger charge is 2.10. The van der Waals surface area contributed by atoms with Gasteiger partial charge in [-0.3, -0.25) is 0 Å². The van der Waals surface area contributed by atoms with E-state index in [0.717, 1.165) is 5.56 Å². The molecule has 0 atom stereocenters. The van der Waals surface area contributed by atoms with Gasteiger partial charge in [0.25, 0.3) is 0 Å². The molecule has 2 rings (SSSR count). The lowest BCUT2D eigenvalue weighted by molar-refractivity contribution is 0.598. The number of nitrogens with two attached hydrogens (primary N) is 1. The molecule has 0 aliphatic heterocycles. The summed E-state index contributed by atoms with van der Waals surface area (Å²) in [5.41, 5.74) is 1.45. The fourth-order valence-corrected chi connectivity index (χ4v) is 2.60. The number of hydrogen-bond donors (Lipinski definition) is 2. The number of anilines is 1. The van der Waals surface area contributed by atoms with E-state index in [1.165, 1.54) is 18.2 Å². The third-order valence-corrected chi connectivity index (χ3v) is 4.11. The molecule has 7 heteroatoms. The molecule has 0 spiro atoms. The van der Waals surface area contributed by atoms with Crippen molar-refractivity contribution >= 4 is 38.9 Å². The highest BCUT2D eigenvalue weighted by molar-refractivity contribution is 7.89. The van der Waals surface area contributed by atoms with Crippen molar-refractivity contribution in [2.45, 2.75) is 11.4 Å². The van der Waals surface area contributed by atoms with Crippen LogP contribution in [-0.2, 0) is 16.6 Å². The van der Waals surface area contributed by atoms with E-state index in [0.29, 0.717) is 22.3 Å². The van der Waals surface area contributed by atoms with Crippen LogP contribution in [0.5, 0.6) is 0 Å². The molecule has 0 bridgehead atoms. The molecule has 3 N–H and O–H groups in total. The zero-order valence-electron chi connectivity index (χ0n) is 10.3. The van der Waals surface area contributed by atoms with E-state index in [4.69, 9.17) is 28.3 Å². The summed E-state index contributed by atoms with van der Waals surface area (Å²) in [6.07, 6.45) is 0. The van der Waals surface area contributed by atoms with Crippen LogP contribution in [0.15, 0.2) is 47.4 Å². The predicted molar refractivity (Wildman–Crippen MR) is 81.6 cm³/mol. The smallest absolute Gasteiger partial charge is 0.238 e. The summed E-state index contributed by atoms with van der Waals surface area (Å²) in [5.74, 6) is 0. The molecule has 0 aliphatic carbocycles. The Bertz CT molecular complexity index is 733. The van der Waals surface area contributed by atoms with E-state index in [2.05, 4.69) is 5.32 Å². The maximum atomic E-state index is 11.3. The molecule has 2 aromatic carbocycles. The molecule has 0 aliphatic rings. The zero-order valence-corrected chi connectivity index (χ0v) is 12.6. The average molecular weight is 331 g/mol. The zero-order chi connectivity index (χ0) is 14.8. The molecular formula is C13H12Cl2N2O2S. The monoisotopic (exact) mass is 330 g/mol. The first kappa shape index (κ1) is 15.1. The molecule has 0 heterocycles. The van der Waals surface area contributed by atoms with E-state index in [1.54, 1.807) is 6.07 Å². The van der Waals surface area contributed by atoms with Crippen molar-refractivity contribution in [3.63, 3.8) is 0 Å². The Morgan fingerprint density at radius 2 is 1.85 bits per heavy atom. The Morgan fingerprint density at radius 1 is 1.10 bits per heavy atom. The van der Waals surface area contributed by atoms with Gasteiger partial charge in [0, 0.05) is 11.6 Å². The molecule has 0 radical (unpaired) electrons. The molecule has 0 saturated carbocycles. The summed E-state index contributed by atoms with van der Waals surface area (Å²) in [5, 5.41) is 9.19. The highest BCUT2D eigenvalue weighted by atomic mass is 35.5. The van der Waals surface area contributed by atoms with Crippen LogP contribution in [0.25, 0.3) is 0 Å². The van der Waals surface area contributed by atoms with Crippen LogP contribution in [0.2, 0.25) is 10.0 Å². The lowest BCUT2D eigenvalue weighted by atomic mass is 10.2. The molecule has 0 aromatic heterocycles. The van der Waals surface area contributed by atoms with Gasteiger partial charge in [0.2, 0.25) is 10.0 Å². The van der Waals surface area contributed by atoms with E-state index < -0.39 is 10.0 Å². The van der Waals surface area contributed by atoms with Gasteiger partial charge in [-0.2, -0.15) is 0 Å². The Balaban J connectivity index is 2.21. The van der Waals surface area contributed by atoms with Crippen molar-refractivity contribution in [3.8, 4) is 0 Å². The van der Waals surface area contributed by atoms with Crippen LogP contribution in [0.4, 0.5) is 5.69 Å². The van der Waals surface area contributed by atoms with Gasteiger partial charge in [0.15, 0.2) is 0 Å².